The maximum absolute atomic E-state index is 10.8. The molecule has 0 aromatic carbocycles. The summed E-state index contributed by atoms with van der Waals surface area (Å²) in [4.78, 5) is 10.8. The molecule has 15 heavy (non-hydrogen) atoms. The van der Waals surface area contributed by atoms with Gasteiger partial charge in [-0.15, -0.1) is 0 Å². The third-order valence-electron chi connectivity index (χ3n) is 2.88. The fraction of sp³-hybridized carbons (Fsp3) is 0.727. The molecule has 1 rings (SSSR count). The molecule has 4 heteroatoms. The Kier molecular flexibility index (Phi) is 5.12. The first-order valence-corrected chi connectivity index (χ1v) is 5.79. The second kappa shape index (κ2) is 6.13. The molecule has 1 aliphatic carbocycles. The van der Waals surface area contributed by atoms with Crippen molar-refractivity contribution in [2.45, 2.75) is 38.6 Å². The Morgan fingerprint density at radius 2 is 2.33 bits per heavy atom. The van der Waals surface area contributed by atoms with E-state index >= 15 is 0 Å². The monoisotopic (exact) mass is 231 g/mol. The van der Waals surface area contributed by atoms with Gasteiger partial charge in [0.2, 0.25) is 0 Å². The molecule has 0 aromatic rings. The van der Waals surface area contributed by atoms with Gasteiger partial charge in [0.1, 0.15) is 0 Å². The van der Waals surface area contributed by atoms with Crippen molar-refractivity contribution in [3.63, 3.8) is 0 Å². The standard InChI is InChI=1S/C11H18ClNO2/c1-8(6-12)7-13-10-4-2-3-9(5-10)11(14)15/h6,9-10,13H,2-5,7H2,1H3,(H,14,15). The van der Waals surface area contributed by atoms with Gasteiger partial charge in [0, 0.05) is 18.1 Å². The minimum absolute atomic E-state index is 0.170. The van der Waals surface area contributed by atoms with Crippen LogP contribution in [0.1, 0.15) is 32.6 Å². The highest BCUT2D eigenvalue weighted by Gasteiger charge is 2.26. The Morgan fingerprint density at radius 1 is 1.60 bits per heavy atom. The van der Waals surface area contributed by atoms with Gasteiger partial charge in [0.25, 0.3) is 0 Å². The number of hydrogen-bond acceptors (Lipinski definition) is 2. The van der Waals surface area contributed by atoms with Crippen LogP contribution < -0.4 is 5.32 Å². The van der Waals surface area contributed by atoms with Crippen molar-refractivity contribution < 1.29 is 9.90 Å². The lowest BCUT2D eigenvalue weighted by Gasteiger charge is -2.27. The number of halogens is 1. The highest BCUT2D eigenvalue weighted by Crippen LogP contribution is 2.24. The van der Waals surface area contributed by atoms with E-state index in [9.17, 15) is 4.79 Å². The van der Waals surface area contributed by atoms with Gasteiger partial charge in [0.15, 0.2) is 0 Å². The van der Waals surface area contributed by atoms with E-state index in [4.69, 9.17) is 16.7 Å². The Labute approximate surface area is 95.5 Å². The molecule has 0 aliphatic heterocycles. The van der Waals surface area contributed by atoms with Crippen molar-refractivity contribution in [1.29, 1.82) is 0 Å². The maximum Gasteiger partial charge on any atom is 0.306 e. The maximum atomic E-state index is 10.8. The van der Waals surface area contributed by atoms with Crippen LogP contribution in [0.2, 0.25) is 0 Å². The average molecular weight is 232 g/mol. The zero-order valence-corrected chi connectivity index (χ0v) is 9.76. The van der Waals surface area contributed by atoms with Crippen LogP contribution in [-0.2, 0) is 4.79 Å². The SMILES string of the molecule is CC(=CCl)CNC1CCCC(C(=O)O)C1. The Balaban J connectivity index is 2.33. The summed E-state index contributed by atoms with van der Waals surface area (Å²) in [6.07, 6.45) is 3.63. The van der Waals surface area contributed by atoms with Crippen LogP contribution in [0.15, 0.2) is 11.1 Å². The van der Waals surface area contributed by atoms with Crippen molar-refractivity contribution in [2.75, 3.05) is 6.54 Å². The summed E-state index contributed by atoms with van der Waals surface area (Å²) in [6.45, 7) is 2.71. The van der Waals surface area contributed by atoms with E-state index in [-0.39, 0.29) is 5.92 Å². The summed E-state index contributed by atoms with van der Waals surface area (Å²) in [5.41, 5.74) is 2.64. The molecule has 1 aliphatic rings. The molecule has 86 valence electrons. The fourth-order valence-corrected chi connectivity index (χ4v) is 2.02. The smallest absolute Gasteiger partial charge is 0.306 e. The molecular formula is C11H18ClNO2. The normalized spacial score (nSPS) is 27.7. The van der Waals surface area contributed by atoms with Crippen molar-refractivity contribution in [3.05, 3.63) is 11.1 Å². The highest BCUT2D eigenvalue weighted by atomic mass is 35.5. The zero-order chi connectivity index (χ0) is 11.3. The van der Waals surface area contributed by atoms with E-state index in [1.165, 1.54) is 0 Å². The first kappa shape index (κ1) is 12.5. The van der Waals surface area contributed by atoms with E-state index in [0.29, 0.717) is 6.04 Å². The van der Waals surface area contributed by atoms with Crippen LogP contribution in [-0.4, -0.2) is 23.7 Å². The minimum Gasteiger partial charge on any atom is -0.481 e. The van der Waals surface area contributed by atoms with Crippen molar-refractivity contribution in [2.24, 2.45) is 5.92 Å². The van der Waals surface area contributed by atoms with Crippen molar-refractivity contribution in [1.82, 2.24) is 5.32 Å². The van der Waals surface area contributed by atoms with E-state index in [1.54, 1.807) is 5.54 Å². The molecule has 1 saturated carbocycles. The molecule has 0 amide bonds. The number of rotatable bonds is 4. The van der Waals surface area contributed by atoms with Crippen LogP contribution in [0, 0.1) is 5.92 Å². The molecule has 3 nitrogen and oxygen atoms in total. The number of carboxylic acid groups (broad SMARTS) is 1. The summed E-state index contributed by atoms with van der Waals surface area (Å²) in [5.74, 6) is -0.831. The largest absolute Gasteiger partial charge is 0.481 e. The third-order valence-corrected chi connectivity index (χ3v) is 3.25. The summed E-state index contributed by atoms with van der Waals surface area (Å²) < 4.78 is 0. The van der Waals surface area contributed by atoms with Crippen LogP contribution >= 0.6 is 11.6 Å². The van der Waals surface area contributed by atoms with Crippen molar-refractivity contribution >= 4 is 17.6 Å². The number of hydrogen-bond donors (Lipinski definition) is 2. The van der Waals surface area contributed by atoms with Gasteiger partial charge in [-0.1, -0.05) is 18.0 Å². The predicted molar refractivity (Wildman–Crippen MR) is 61.0 cm³/mol. The van der Waals surface area contributed by atoms with Gasteiger partial charge in [-0.3, -0.25) is 4.79 Å². The molecule has 1 fully saturated rings. The van der Waals surface area contributed by atoms with E-state index < -0.39 is 5.97 Å². The van der Waals surface area contributed by atoms with Crippen LogP contribution in [0.3, 0.4) is 0 Å². The van der Waals surface area contributed by atoms with E-state index in [1.807, 2.05) is 6.92 Å². The molecule has 0 spiro atoms. The molecule has 0 radical (unpaired) electrons. The van der Waals surface area contributed by atoms with Crippen LogP contribution in [0.4, 0.5) is 0 Å². The van der Waals surface area contributed by atoms with Gasteiger partial charge >= 0.3 is 5.97 Å². The summed E-state index contributed by atoms with van der Waals surface area (Å²) in [5, 5.41) is 12.3. The molecule has 2 atom stereocenters. The quantitative estimate of drug-likeness (QED) is 0.781. The molecule has 0 aromatic heterocycles. The van der Waals surface area contributed by atoms with E-state index in [2.05, 4.69) is 5.32 Å². The lowest BCUT2D eigenvalue weighted by atomic mass is 9.86. The van der Waals surface area contributed by atoms with Gasteiger partial charge in [-0.05, 0) is 31.8 Å². The van der Waals surface area contributed by atoms with Gasteiger partial charge in [-0.25, -0.2) is 0 Å². The topological polar surface area (TPSA) is 49.3 Å². The minimum atomic E-state index is -0.661. The Bertz CT molecular complexity index is 253. The molecule has 2 unspecified atom stereocenters. The van der Waals surface area contributed by atoms with Gasteiger partial charge in [0.05, 0.1) is 5.92 Å². The number of carbonyl (C=O) groups is 1. The second-order valence-corrected chi connectivity index (χ2v) is 4.45. The van der Waals surface area contributed by atoms with Gasteiger partial charge in [-0.2, -0.15) is 0 Å². The van der Waals surface area contributed by atoms with Crippen molar-refractivity contribution in [3.8, 4) is 0 Å². The third kappa shape index (κ3) is 4.22. The summed E-state index contributed by atoms with van der Waals surface area (Å²) >= 11 is 5.55. The molecule has 2 N–H and O–H groups in total. The lowest BCUT2D eigenvalue weighted by molar-refractivity contribution is -0.143. The molecule has 0 saturated heterocycles. The number of nitrogens with one attached hydrogen (secondary N) is 1. The Hall–Kier alpha value is -0.540. The highest BCUT2D eigenvalue weighted by molar-refractivity contribution is 6.25. The number of carboxylic acids is 1. The molecule has 0 bridgehead atoms. The predicted octanol–water partition coefficient (Wildman–Crippen LogP) is 2.36. The summed E-state index contributed by atoms with van der Waals surface area (Å²) in [6, 6.07) is 0.325. The van der Waals surface area contributed by atoms with E-state index in [0.717, 1.165) is 37.8 Å². The number of aliphatic carboxylic acids is 1. The first-order valence-electron chi connectivity index (χ1n) is 5.35. The summed E-state index contributed by atoms with van der Waals surface area (Å²) in [7, 11) is 0. The van der Waals surface area contributed by atoms with Gasteiger partial charge < -0.3 is 10.4 Å². The second-order valence-electron chi connectivity index (χ2n) is 4.24. The first-order chi connectivity index (χ1) is 7.13. The average Bonchev–Trinajstić information content (AvgIpc) is 2.26. The molecular weight excluding hydrogens is 214 g/mol. The van der Waals surface area contributed by atoms with Crippen LogP contribution in [0.5, 0.6) is 0 Å². The fourth-order valence-electron chi connectivity index (χ4n) is 1.94. The Morgan fingerprint density at radius 3 is 2.93 bits per heavy atom. The van der Waals surface area contributed by atoms with Crippen LogP contribution in [0.25, 0.3) is 0 Å². The zero-order valence-electron chi connectivity index (χ0n) is 9.00. The molecule has 0 heterocycles. The lowest BCUT2D eigenvalue weighted by Crippen LogP contribution is -2.37.